The third-order valence-electron chi connectivity index (χ3n) is 7.36. The first kappa shape index (κ1) is 25.1. The third kappa shape index (κ3) is 4.81. The molecule has 0 saturated heterocycles. The van der Waals surface area contributed by atoms with Gasteiger partial charge < -0.3 is 0 Å². The van der Waals surface area contributed by atoms with Gasteiger partial charge in [0.2, 0.25) is 0 Å². The van der Waals surface area contributed by atoms with Crippen LogP contribution < -0.4 is 0 Å². The summed E-state index contributed by atoms with van der Waals surface area (Å²) in [6.07, 6.45) is 0. The Morgan fingerprint density at radius 1 is 0.429 bits per heavy atom. The van der Waals surface area contributed by atoms with Crippen molar-refractivity contribution in [1.29, 1.82) is 0 Å². The first-order chi connectivity index (χ1) is 20.8. The van der Waals surface area contributed by atoms with Crippen molar-refractivity contribution in [3.8, 4) is 56.4 Å². The van der Waals surface area contributed by atoms with E-state index in [9.17, 15) is 0 Å². The molecular formula is C38H24N4. The van der Waals surface area contributed by atoms with Crippen molar-refractivity contribution in [2.75, 3.05) is 0 Å². The number of nitrogens with zero attached hydrogens (tertiary/aromatic N) is 4. The van der Waals surface area contributed by atoms with Crippen molar-refractivity contribution in [3.05, 3.63) is 157 Å². The maximum Gasteiger partial charge on any atom is 0.187 e. The summed E-state index contributed by atoms with van der Waals surface area (Å²) >= 11 is 0. The molecule has 196 valence electrons. The summed E-state index contributed by atoms with van der Waals surface area (Å²) < 4.78 is 0. The number of fused-ring (bicyclic) bond motifs is 1. The predicted molar refractivity (Wildman–Crippen MR) is 171 cm³/mol. The molecule has 0 aliphatic rings. The van der Waals surface area contributed by atoms with Gasteiger partial charge in [0.15, 0.2) is 23.2 Å². The van der Waals surface area contributed by atoms with Crippen LogP contribution in [0.25, 0.3) is 72.0 Å². The van der Waals surface area contributed by atoms with Crippen LogP contribution in [0.15, 0.2) is 146 Å². The second-order valence-corrected chi connectivity index (χ2v) is 9.99. The van der Waals surface area contributed by atoms with Crippen LogP contribution in [0.3, 0.4) is 0 Å². The molecule has 1 heterocycles. The van der Waals surface area contributed by atoms with Crippen molar-refractivity contribution in [2.24, 2.45) is 0 Å². The molecule has 0 N–H and O–H groups in total. The van der Waals surface area contributed by atoms with Gasteiger partial charge in [0.05, 0.1) is 6.57 Å². The number of rotatable bonds is 5. The van der Waals surface area contributed by atoms with Crippen LogP contribution in [0.4, 0.5) is 5.69 Å². The monoisotopic (exact) mass is 536 g/mol. The van der Waals surface area contributed by atoms with E-state index in [1.165, 1.54) is 0 Å². The van der Waals surface area contributed by atoms with E-state index in [0.29, 0.717) is 23.2 Å². The average Bonchev–Trinajstić information content (AvgIpc) is 3.08. The van der Waals surface area contributed by atoms with Crippen LogP contribution in [0.2, 0.25) is 0 Å². The zero-order chi connectivity index (χ0) is 28.3. The molecule has 0 aliphatic heterocycles. The first-order valence-corrected chi connectivity index (χ1v) is 13.7. The first-order valence-electron chi connectivity index (χ1n) is 13.7. The Morgan fingerprint density at radius 3 is 1.67 bits per heavy atom. The van der Waals surface area contributed by atoms with Gasteiger partial charge in [-0.25, -0.2) is 19.8 Å². The Balaban J connectivity index is 1.44. The summed E-state index contributed by atoms with van der Waals surface area (Å²) in [5, 5.41) is 2.19. The smallest absolute Gasteiger partial charge is 0.187 e. The minimum absolute atomic E-state index is 0.628. The SMILES string of the molecule is [C-]#[N+]c1cccc(-c2ccc(-c3ccc4ccccc4c3-c3nc(-c4ccccc4)nc(-c4ccccc4)n3)cc2)c1. The quantitative estimate of drug-likeness (QED) is 0.206. The molecule has 6 aromatic carbocycles. The van der Waals surface area contributed by atoms with Gasteiger partial charge in [-0.3, -0.25) is 0 Å². The number of hydrogen-bond donors (Lipinski definition) is 0. The highest BCUT2D eigenvalue weighted by molar-refractivity contribution is 6.03. The Hall–Kier alpha value is -5.92. The fourth-order valence-electron chi connectivity index (χ4n) is 5.27. The van der Waals surface area contributed by atoms with E-state index in [0.717, 1.165) is 49.7 Å². The summed E-state index contributed by atoms with van der Waals surface area (Å²) in [4.78, 5) is 18.6. The van der Waals surface area contributed by atoms with Gasteiger partial charge in [0.25, 0.3) is 0 Å². The Kier molecular flexibility index (Phi) is 6.52. The minimum Gasteiger partial charge on any atom is -0.238 e. The van der Waals surface area contributed by atoms with E-state index in [-0.39, 0.29) is 0 Å². The van der Waals surface area contributed by atoms with Crippen molar-refractivity contribution >= 4 is 16.5 Å². The van der Waals surface area contributed by atoms with Crippen LogP contribution in [0, 0.1) is 6.57 Å². The Labute approximate surface area is 244 Å². The molecule has 4 nitrogen and oxygen atoms in total. The molecule has 0 radical (unpaired) electrons. The highest BCUT2D eigenvalue weighted by Gasteiger charge is 2.18. The largest absolute Gasteiger partial charge is 0.238 e. The Bertz CT molecular complexity index is 2020. The van der Waals surface area contributed by atoms with E-state index >= 15 is 0 Å². The van der Waals surface area contributed by atoms with E-state index in [1.807, 2.05) is 84.9 Å². The fraction of sp³-hybridized carbons (Fsp3) is 0. The van der Waals surface area contributed by atoms with Gasteiger partial charge in [-0.1, -0.05) is 140 Å². The molecule has 1 aromatic heterocycles. The molecule has 0 atom stereocenters. The standard InChI is InChI=1S/C38H24N4/c1-39-32-17-10-16-31(25-32)26-19-21-28(22-20-26)34-24-23-27-11-8-9-18-33(27)35(34)38-41-36(29-12-4-2-5-13-29)40-37(42-38)30-14-6-3-7-15-30/h2-25H. The molecule has 0 aliphatic carbocycles. The maximum absolute atomic E-state index is 7.37. The normalized spacial score (nSPS) is 10.8. The van der Waals surface area contributed by atoms with Crippen LogP contribution in [-0.4, -0.2) is 15.0 Å². The van der Waals surface area contributed by atoms with Gasteiger partial charge in [0, 0.05) is 16.7 Å². The zero-order valence-corrected chi connectivity index (χ0v) is 22.6. The predicted octanol–water partition coefficient (Wildman–Crippen LogP) is 9.91. The zero-order valence-electron chi connectivity index (χ0n) is 22.6. The van der Waals surface area contributed by atoms with E-state index in [1.54, 1.807) is 0 Å². The number of hydrogen-bond acceptors (Lipinski definition) is 3. The summed E-state index contributed by atoms with van der Waals surface area (Å²) in [5.74, 6) is 1.89. The van der Waals surface area contributed by atoms with Crippen LogP contribution in [0.5, 0.6) is 0 Å². The van der Waals surface area contributed by atoms with Gasteiger partial charge >= 0.3 is 0 Å². The summed E-state index contributed by atoms with van der Waals surface area (Å²) in [6.45, 7) is 7.37. The lowest BCUT2D eigenvalue weighted by molar-refractivity contribution is 1.08. The third-order valence-corrected chi connectivity index (χ3v) is 7.36. The number of aromatic nitrogens is 3. The fourth-order valence-corrected chi connectivity index (χ4v) is 5.27. The molecule has 0 bridgehead atoms. The molecule has 0 spiro atoms. The van der Waals surface area contributed by atoms with Crippen LogP contribution >= 0.6 is 0 Å². The molecule has 0 saturated carbocycles. The minimum atomic E-state index is 0.628. The van der Waals surface area contributed by atoms with E-state index in [4.69, 9.17) is 21.5 Å². The topological polar surface area (TPSA) is 43.0 Å². The van der Waals surface area contributed by atoms with Gasteiger partial charge in [0.1, 0.15) is 0 Å². The number of benzene rings is 6. The lowest BCUT2D eigenvalue weighted by Gasteiger charge is -2.15. The molecular weight excluding hydrogens is 512 g/mol. The van der Waals surface area contributed by atoms with Crippen molar-refractivity contribution in [3.63, 3.8) is 0 Å². The second-order valence-electron chi connectivity index (χ2n) is 9.99. The maximum atomic E-state index is 7.37. The lowest BCUT2D eigenvalue weighted by Crippen LogP contribution is -2.01. The van der Waals surface area contributed by atoms with Gasteiger partial charge in [-0.05, 0) is 39.1 Å². The highest BCUT2D eigenvalue weighted by Crippen LogP contribution is 2.38. The molecule has 0 fully saturated rings. The lowest BCUT2D eigenvalue weighted by atomic mass is 9.92. The van der Waals surface area contributed by atoms with Gasteiger partial charge in [-0.15, -0.1) is 0 Å². The molecule has 0 unspecified atom stereocenters. The van der Waals surface area contributed by atoms with Crippen LogP contribution in [-0.2, 0) is 0 Å². The molecule has 7 rings (SSSR count). The van der Waals surface area contributed by atoms with Crippen molar-refractivity contribution in [1.82, 2.24) is 15.0 Å². The summed E-state index contributed by atoms with van der Waals surface area (Å²) in [6, 6.07) is 48.9. The molecule has 0 amide bonds. The average molecular weight is 537 g/mol. The van der Waals surface area contributed by atoms with E-state index < -0.39 is 0 Å². The van der Waals surface area contributed by atoms with Crippen molar-refractivity contribution in [2.45, 2.75) is 0 Å². The van der Waals surface area contributed by atoms with Crippen molar-refractivity contribution < 1.29 is 0 Å². The van der Waals surface area contributed by atoms with Crippen LogP contribution in [0.1, 0.15) is 0 Å². The molecule has 4 heteroatoms. The highest BCUT2D eigenvalue weighted by atomic mass is 15.0. The van der Waals surface area contributed by atoms with E-state index in [2.05, 4.69) is 65.5 Å². The summed E-state index contributed by atoms with van der Waals surface area (Å²) in [5.41, 5.74) is 7.65. The summed E-state index contributed by atoms with van der Waals surface area (Å²) in [7, 11) is 0. The second kappa shape index (κ2) is 10.9. The molecule has 42 heavy (non-hydrogen) atoms. The Morgan fingerprint density at radius 2 is 1.00 bits per heavy atom. The molecule has 7 aromatic rings. The van der Waals surface area contributed by atoms with Gasteiger partial charge in [-0.2, -0.15) is 0 Å².